The molecule has 0 unspecified atom stereocenters. The Kier molecular flexibility index (Phi) is 4.43. The molecule has 1 aromatic carbocycles. The first-order valence-electron chi connectivity index (χ1n) is 8.01. The molecule has 0 bridgehead atoms. The van der Waals surface area contributed by atoms with Crippen LogP contribution in [0.3, 0.4) is 0 Å². The lowest BCUT2D eigenvalue weighted by molar-refractivity contribution is 0.235. The first-order valence-corrected chi connectivity index (χ1v) is 8.01. The minimum atomic E-state index is -0.538. The summed E-state index contributed by atoms with van der Waals surface area (Å²) in [5, 5.41) is 14.9. The first kappa shape index (κ1) is 15.9. The van der Waals surface area contributed by atoms with Crippen molar-refractivity contribution in [3.63, 3.8) is 0 Å². The van der Waals surface area contributed by atoms with Crippen molar-refractivity contribution in [2.75, 3.05) is 5.32 Å². The summed E-state index contributed by atoms with van der Waals surface area (Å²) in [6, 6.07) is 11.1. The van der Waals surface area contributed by atoms with Crippen LogP contribution in [0, 0.1) is 18.3 Å². The van der Waals surface area contributed by atoms with Gasteiger partial charge in [0.2, 0.25) is 5.82 Å². The van der Waals surface area contributed by atoms with Crippen LogP contribution in [-0.2, 0) is 5.54 Å². The molecule has 1 saturated carbocycles. The molecule has 1 fully saturated rings. The van der Waals surface area contributed by atoms with Gasteiger partial charge in [0.15, 0.2) is 0 Å². The number of anilines is 1. The van der Waals surface area contributed by atoms with Crippen LogP contribution in [0.2, 0.25) is 0 Å². The molecular weight excluding hydrogens is 302 g/mol. The number of rotatable bonds is 3. The molecule has 1 aromatic heterocycles. The molecule has 2 amide bonds. The lowest BCUT2D eigenvalue weighted by atomic mass is 9.93. The number of nitrogens with one attached hydrogen (secondary N) is 2. The van der Waals surface area contributed by atoms with Crippen LogP contribution >= 0.6 is 0 Å². The van der Waals surface area contributed by atoms with Crippen molar-refractivity contribution in [1.82, 2.24) is 15.3 Å². The lowest BCUT2D eigenvalue weighted by Crippen LogP contribution is -2.46. The maximum Gasteiger partial charge on any atom is 0.319 e. The van der Waals surface area contributed by atoms with Crippen molar-refractivity contribution < 1.29 is 4.79 Å². The van der Waals surface area contributed by atoms with E-state index >= 15 is 0 Å². The van der Waals surface area contributed by atoms with E-state index in [1.54, 1.807) is 12.3 Å². The first-order chi connectivity index (χ1) is 11.6. The summed E-state index contributed by atoms with van der Waals surface area (Å²) in [6.45, 7) is 2.00. The Balaban J connectivity index is 1.79. The molecule has 2 aromatic rings. The van der Waals surface area contributed by atoms with Crippen molar-refractivity contribution in [2.24, 2.45) is 0 Å². The van der Waals surface area contributed by atoms with E-state index in [9.17, 15) is 4.79 Å². The van der Waals surface area contributed by atoms with Gasteiger partial charge in [0.05, 0.1) is 11.2 Å². The summed E-state index contributed by atoms with van der Waals surface area (Å²) in [4.78, 5) is 20.7. The van der Waals surface area contributed by atoms with Gasteiger partial charge in [0.1, 0.15) is 6.07 Å². The second-order valence-electron chi connectivity index (χ2n) is 6.11. The average Bonchev–Trinajstić information content (AvgIpc) is 3.06. The van der Waals surface area contributed by atoms with E-state index in [0.717, 1.165) is 36.9 Å². The molecule has 122 valence electrons. The Labute approximate surface area is 140 Å². The molecular formula is C18H19N5O. The molecule has 1 aliphatic rings. The maximum absolute atomic E-state index is 12.5. The van der Waals surface area contributed by atoms with Gasteiger partial charge in [-0.2, -0.15) is 5.26 Å². The number of aryl methyl sites for hydroxylation is 1. The fraction of sp³-hybridized carbons (Fsp3) is 0.333. The number of nitrogens with zero attached hydrogens (tertiary/aromatic N) is 3. The fourth-order valence-corrected chi connectivity index (χ4v) is 3.12. The van der Waals surface area contributed by atoms with E-state index in [-0.39, 0.29) is 11.9 Å². The van der Waals surface area contributed by atoms with Gasteiger partial charge < -0.3 is 10.6 Å². The number of hydrogen-bond acceptors (Lipinski definition) is 4. The summed E-state index contributed by atoms with van der Waals surface area (Å²) in [5.74, 6) is 0.125. The molecule has 2 N–H and O–H groups in total. The van der Waals surface area contributed by atoms with Gasteiger partial charge in [0, 0.05) is 11.9 Å². The molecule has 3 rings (SSSR count). The van der Waals surface area contributed by atoms with E-state index in [4.69, 9.17) is 5.26 Å². The molecule has 6 nitrogen and oxygen atoms in total. The van der Waals surface area contributed by atoms with Crippen LogP contribution in [-0.4, -0.2) is 16.0 Å². The molecule has 24 heavy (non-hydrogen) atoms. The van der Waals surface area contributed by atoms with E-state index < -0.39 is 5.54 Å². The summed E-state index contributed by atoms with van der Waals surface area (Å²) in [6.07, 6.45) is 5.19. The molecule has 0 saturated heterocycles. The van der Waals surface area contributed by atoms with Gasteiger partial charge in [-0.15, -0.1) is 0 Å². The highest BCUT2D eigenvalue weighted by molar-refractivity contribution is 5.89. The van der Waals surface area contributed by atoms with E-state index in [2.05, 4.69) is 20.6 Å². The number of aromatic nitrogens is 2. The summed E-state index contributed by atoms with van der Waals surface area (Å²) < 4.78 is 0. The minimum absolute atomic E-state index is 0.125. The SMILES string of the molecule is Cc1ccc(NC(=O)NC2(c3ccnc(C#N)n3)CCCC2)cc1. The van der Waals surface area contributed by atoms with E-state index in [0.29, 0.717) is 5.69 Å². The van der Waals surface area contributed by atoms with Crippen molar-refractivity contribution >= 4 is 11.7 Å². The summed E-state index contributed by atoms with van der Waals surface area (Å²) in [5.41, 5.74) is 2.04. The van der Waals surface area contributed by atoms with Gasteiger partial charge in [-0.05, 0) is 38.0 Å². The molecule has 0 spiro atoms. The van der Waals surface area contributed by atoms with Gasteiger partial charge in [-0.25, -0.2) is 14.8 Å². The van der Waals surface area contributed by atoms with E-state index in [1.165, 1.54) is 0 Å². The zero-order valence-corrected chi connectivity index (χ0v) is 13.5. The van der Waals surface area contributed by atoms with Crippen molar-refractivity contribution in [3.8, 4) is 6.07 Å². The van der Waals surface area contributed by atoms with Crippen LogP contribution in [0.15, 0.2) is 36.5 Å². The molecule has 1 heterocycles. The average molecular weight is 321 g/mol. The van der Waals surface area contributed by atoms with Crippen LogP contribution in [0.4, 0.5) is 10.5 Å². The zero-order valence-electron chi connectivity index (χ0n) is 13.5. The topological polar surface area (TPSA) is 90.7 Å². The Morgan fingerprint density at radius 2 is 1.92 bits per heavy atom. The number of urea groups is 1. The van der Waals surface area contributed by atoms with Crippen LogP contribution in [0.25, 0.3) is 0 Å². The number of carbonyl (C=O) groups is 1. The second kappa shape index (κ2) is 6.67. The monoisotopic (exact) mass is 321 g/mol. The summed E-state index contributed by atoms with van der Waals surface area (Å²) in [7, 11) is 0. The molecule has 6 heteroatoms. The third-order valence-corrected chi connectivity index (χ3v) is 4.37. The Bertz CT molecular complexity index is 773. The third kappa shape index (κ3) is 3.35. The molecule has 0 radical (unpaired) electrons. The Morgan fingerprint density at radius 1 is 1.21 bits per heavy atom. The Morgan fingerprint density at radius 3 is 2.58 bits per heavy atom. The molecule has 0 aliphatic heterocycles. The minimum Gasteiger partial charge on any atom is -0.327 e. The summed E-state index contributed by atoms with van der Waals surface area (Å²) >= 11 is 0. The zero-order chi connectivity index (χ0) is 17.0. The van der Waals surface area contributed by atoms with Crippen molar-refractivity contribution in [1.29, 1.82) is 5.26 Å². The third-order valence-electron chi connectivity index (χ3n) is 4.37. The second-order valence-corrected chi connectivity index (χ2v) is 6.11. The maximum atomic E-state index is 12.5. The number of carbonyl (C=O) groups excluding carboxylic acids is 1. The normalized spacial score (nSPS) is 15.5. The van der Waals surface area contributed by atoms with Crippen LogP contribution in [0.1, 0.15) is 42.8 Å². The predicted octanol–water partition coefficient (Wildman–Crippen LogP) is 3.25. The lowest BCUT2D eigenvalue weighted by Gasteiger charge is -2.29. The van der Waals surface area contributed by atoms with E-state index in [1.807, 2.05) is 37.3 Å². The molecule has 1 aliphatic carbocycles. The quantitative estimate of drug-likeness (QED) is 0.908. The van der Waals surface area contributed by atoms with Crippen LogP contribution in [0.5, 0.6) is 0 Å². The Hall–Kier alpha value is -2.94. The standard InChI is InChI=1S/C18H19N5O/c1-13-4-6-14(7-5-13)21-17(24)23-18(9-2-3-10-18)15-8-11-20-16(12-19)22-15/h4-8,11H,2-3,9-10H2,1H3,(H2,21,23,24). The fourth-order valence-electron chi connectivity index (χ4n) is 3.12. The highest BCUT2D eigenvalue weighted by atomic mass is 16.2. The number of hydrogen-bond donors (Lipinski definition) is 2. The van der Waals surface area contributed by atoms with Gasteiger partial charge >= 0.3 is 6.03 Å². The number of amides is 2. The van der Waals surface area contributed by atoms with Crippen molar-refractivity contribution in [3.05, 3.63) is 53.6 Å². The van der Waals surface area contributed by atoms with Crippen molar-refractivity contribution in [2.45, 2.75) is 38.1 Å². The van der Waals surface area contributed by atoms with Gasteiger partial charge in [-0.1, -0.05) is 30.5 Å². The smallest absolute Gasteiger partial charge is 0.319 e. The largest absolute Gasteiger partial charge is 0.327 e. The van der Waals surface area contributed by atoms with Gasteiger partial charge in [-0.3, -0.25) is 0 Å². The predicted molar refractivity (Wildman–Crippen MR) is 90.2 cm³/mol. The van der Waals surface area contributed by atoms with Crippen LogP contribution < -0.4 is 10.6 Å². The van der Waals surface area contributed by atoms with Gasteiger partial charge in [0.25, 0.3) is 0 Å². The number of benzene rings is 1. The highest BCUT2D eigenvalue weighted by Crippen LogP contribution is 2.37. The highest BCUT2D eigenvalue weighted by Gasteiger charge is 2.38. The molecule has 0 atom stereocenters. The number of nitriles is 1.